The van der Waals surface area contributed by atoms with E-state index in [-0.39, 0.29) is 5.91 Å². The van der Waals surface area contributed by atoms with Crippen LogP contribution in [0.5, 0.6) is 0 Å². The second kappa shape index (κ2) is 4.09. The second-order valence-electron chi connectivity index (χ2n) is 4.76. The summed E-state index contributed by atoms with van der Waals surface area (Å²) in [6.07, 6.45) is 3.60. The highest BCUT2D eigenvalue weighted by atomic mass is 16.1. The Morgan fingerprint density at radius 2 is 2.08 bits per heavy atom. The molecule has 0 aromatic carbocycles. The summed E-state index contributed by atoms with van der Waals surface area (Å²) in [5, 5.41) is 0. The van der Waals surface area contributed by atoms with Crippen molar-refractivity contribution in [3.8, 4) is 0 Å². The first kappa shape index (κ1) is 10.5. The molecule has 3 nitrogen and oxygen atoms in total. The van der Waals surface area contributed by atoms with Crippen LogP contribution in [-0.2, 0) is 4.79 Å². The number of nitrogens with two attached hydrogens (primary N) is 1. The van der Waals surface area contributed by atoms with Gasteiger partial charge in [-0.15, -0.1) is 0 Å². The third-order valence-electron chi connectivity index (χ3n) is 2.81. The fourth-order valence-electron chi connectivity index (χ4n) is 1.86. The molecule has 1 aliphatic heterocycles. The van der Waals surface area contributed by atoms with Crippen molar-refractivity contribution < 1.29 is 4.79 Å². The van der Waals surface area contributed by atoms with Crippen molar-refractivity contribution in [2.75, 3.05) is 19.6 Å². The van der Waals surface area contributed by atoms with Crippen molar-refractivity contribution >= 4 is 5.91 Å². The molecule has 0 aliphatic carbocycles. The molecule has 76 valence electrons. The van der Waals surface area contributed by atoms with Gasteiger partial charge >= 0.3 is 0 Å². The highest BCUT2D eigenvalue weighted by Crippen LogP contribution is 2.29. The Bertz CT molecular complexity index is 189. The Morgan fingerprint density at radius 3 is 2.69 bits per heavy atom. The molecule has 0 radical (unpaired) electrons. The number of rotatable bonds is 2. The number of amides is 1. The van der Waals surface area contributed by atoms with E-state index < -0.39 is 0 Å². The predicted octanol–water partition coefficient (Wildman–Crippen LogP) is 0.984. The quantitative estimate of drug-likeness (QED) is 0.695. The standard InChI is InChI=1S/C10H20N2O/c1-10(2)4-3-6-12(7-5-10)8-9(11)13/h3-8H2,1-2H3,(H2,11,13). The maximum atomic E-state index is 10.7. The lowest BCUT2D eigenvalue weighted by atomic mass is 9.85. The van der Waals surface area contributed by atoms with Crippen molar-refractivity contribution in [1.29, 1.82) is 0 Å². The SMILES string of the molecule is CC1(C)CCCN(CC(N)=O)CC1. The molecule has 0 saturated carbocycles. The third-order valence-corrected chi connectivity index (χ3v) is 2.81. The number of nitrogens with zero attached hydrogens (tertiary/aromatic N) is 1. The molecule has 13 heavy (non-hydrogen) atoms. The average molecular weight is 184 g/mol. The smallest absolute Gasteiger partial charge is 0.231 e. The molecule has 1 amide bonds. The highest BCUT2D eigenvalue weighted by Gasteiger charge is 2.23. The Kier molecular flexibility index (Phi) is 3.31. The maximum absolute atomic E-state index is 10.7. The summed E-state index contributed by atoms with van der Waals surface area (Å²) in [5.41, 5.74) is 5.60. The molecule has 0 spiro atoms. The van der Waals surface area contributed by atoms with Crippen LogP contribution in [0.15, 0.2) is 0 Å². The lowest BCUT2D eigenvalue weighted by Crippen LogP contribution is -2.34. The minimum Gasteiger partial charge on any atom is -0.369 e. The van der Waals surface area contributed by atoms with Crippen LogP contribution in [-0.4, -0.2) is 30.4 Å². The summed E-state index contributed by atoms with van der Waals surface area (Å²) in [7, 11) is 0. The molecule has 1 saturated heterocycles. The van der Waals surface area contributed by atoms with Crippen LogP contribution in [0.4, 0.5) is 0 Å². The van der Waals surface area contributed by atoms with E-state index in [4.69, 9.17) is 5.73 Å². The highest BCUT2D eigenvalue weighted by molar-refractivity contribution is 5.75. The van der Waals surface area contributed by atoms with Gasteiger partial charge in [0.15, 0.2) is 0 Å². The van der Waals surface area contributed by atoms with Crippen molar-refractivity contribution in [2.24, 2.45) is 11.1 Å². The molecule has 0 bridgehead atoms. The van der Waals surface area contributed by atoms with Gasteiger partial charge in [-0.25, -0.2) is 0 Å². The predicted molar refractivity (Wildman–Crippen MR) is 53.3 cm³/mol. The zero-order chi connectivity index (χ0) is 9.90. The first-order valence-electron chi connectivity index (χ1n) is 5.00. The van der Waals surface area contributed by atoms with Gasteiger partial charge in [-0.2, -0.15) is 0 Å². The van der Waals surface area contributed by atoms with Crippen molar-refractivity contribution in [3.05, 3.63) is 0 Å². The molecule has 1 fully saturated rings. The third kappa shape index (κ3) is 3.77. The van der Waals surface area contributed by atoms with Crippen LogP contribution in [0.25, 0.3) is 0 Å². The first-order valence-corrected chi connectivity index (χ1v) is 5.00. The summed E-state index contributed by atoms with van der Waals surface area (Å²) in [6.45, 7) is 7.04. The molecule has 1 aliphatic rings. The molecular weight excluding hydrogens is 164 g/mol. The molecule has 1 rings (SSSR count). The molecule has 2 N–H and O–H groups in total. The number of primary amides is 1. The lowest BCUT2D eigenvalue weighted by molar-refractivity contribution is -0.119. The lowest BCUT2D eigenvalue weighted by Gasteiger charge is -2.22. The molecule has 3 heteroatoms. The van der Waals surface area contributed by atoms with E-state index in [2.05, 4.69) is 18.7 Å². The zero-order valence-electron chi connectivity index (χ0n) is 8.68. The van der Waals surface area contributed by atoms with E-state index in [1.807, 2.05) is 0 Å². The van der Waals surface area contributed by atoms with Gasteiger partial charge < -0.3 is 5.73 Å². The number of likely N-dealkylation sites (tertiary alicyclic amines) is 1. The minimum atomic E-state index is -0.209. The Balaban J connectivity index is 2.40. The van der Waals surface area contributed by atoms with Gasteiger partial charge in [0.25, 0.3) is 0 Å². The van der Waals surface area contributed by atoms with E-state index in [1.165, 1.54) is 19.3 Å². The minimum absolute atomic E-state index is 0.209. The monoisotopic (exact) mass is 184 g/mol. The van der Waals surface area contributed by atoms with Gasteiger partial charge in [0.05, 0.1) is 6.54 Å². The number of hydrogen-bond donors (Lipinski definition) is 1. The molecular formula is C10H20N2O. The van der Waals surface area contributed by atoms with Crippen LogP contribution in [0.3, 0.4) is 0 Å². The average Bonchev–Trinajstić information content (AvgIpc) is 2.12. The van der Waals surface area contributed by atoms with Gasteiger partial charge in [0.2, 0.25) is 5.91 Å². The second-order valence-corrected chi connectivity index (χ2v) is 4.76. The number of carbonyl (C=O) groups excluding carboxylic acids is 1. The summed E-state index contributed by atoms with van der Waals surface area (Å²) in [4.78, 5) is 12.9. The fraction of sp³-hybridized carbons (Fsp3) is 0.900. The van der Waals surface area contributed by atoms with E-state index in [0.717, 1.165) is 13.1 Å². The first-order chi connectivity index (χ1) is 5.99. The van der Waals surface area contributed by atoms with Crippen molar-refractivity contribution in [3.63, 3.8) is 0 Å². The number of carbonyl (C=O) groups is 1. The van der Waals surface area contributed by atoms with E-state index in [0.29, 0.717) is 12.0 Å². The fourth-order valence-corrected chi connectivity index (χ4v) is 1.86. The Hall–Kier alpha value is -0.570. The summed E-state index contributed by atoms with van der Waals surface area (Å²) in [5.74, 6) is -0.209. The Morgan fingerprint density at radius 1 is 1.38 bits per heavy atom. The van der Waals surface area contributed by atoms with Crippen LogP contribution >= 0.6 is 0 Å². The van der Waals surface area contributed by atoms with Gasteiger partial charge in [0.1, 0.15) is 0 Å². The normalized spacial score (nSPS) is 23.8. The molecule has 0 atom stereocenters. The van der Waals surface area contributed by atoms with Crippen molar-refractivity contribution in [2.45, 2.75) is 33.1 Å². The molecule has 1 heterocycles. The van der Waals surface area contributed by atoms with E-state index in [9.17, 15) is 4.79 Å². The maximum Gasteiger partial charge on any atom is 0.231 e. The van der Waals surface area contributed by atoms with Gasteiger partial charge in [-0.05, 0) is 37.8 Å². The summed E-state index contributed by atoms with van der Waals surface area (Å²) in [6, 6.07) is 0. The van der Waals surface area contributed by atoms with Crippen LogP contribution in [0, 0.1) is 5.41 Å². The van der Waals surface area contributed by atoms with Gasteiger partial charge in [-0.1, -0.05) is 13.8 Å². The topological polar surface area (TPSA) is 46.3 Å². The van der Waals surface area contributed by atoms with E-state index >= 15 is 0 Å². The molecule has 0 aromatic heterocycles. The number of hydrogen-bond acceptors (Lipinski definition) is 2. The summed E-state index contributed by atoms with van der Waals surface area (Å²) < 4.78 is 0. The largest absolute Gasteiger partial charge is 0.369 e. The van der Waals surface area contributed by atoms with Gasteiger partial charge in [-0.3, -0.25) is 9.69 Å². The van der Waals surface area contributed by atoms with Gasteiger partial charge in [0, 0.05) is 0 Å². The molecule has 0 aromatic rings. The van der Waals surface area contributed by atoms with E-state index in [1.54, 1.807) is 0 Å². The van der Waals surface area contributed by atoms with Crippen LogP contribution < -0.4 is 5.73 Å². The van der Waals surface area contributed by atoms with Crippen LogP contribution in [0.1, 0.15) is 33.1 Å². The molecule has 0 unspecified atom stereocenters. The Labute approximate surface area is 80.3 Å². The summed E-state index contributed by atoms with van der Waals surface area (Å²) >= 11 is 0. The van der Waals surface area contributed by atoms with Crippen LogP contribution in [0.2, 0.25) is 0 Å². The zero-order valence-corrected chi connectivity index (χ0v) is 8.68. The van der Waals surface area contributed by atoms with Crippen molar-refractivity contribution in [1.82, 2.24) is 4.90 Å².